The summed E-state index contributed by atoms with van der Waals surface area (Å²) < 4.78 is 31.0. The summed E-state index contributed by atoms with van der Waals surface area (Å²) in [5.41, 5.74) is 0.0648. The van der Waals surface area contributed by atoms with Gasteiger partial charge >= 0.3 is 17.9 Å². The highest BCUT2D eigenvalue weighted by Crippen LogP contribution is 2.19. The van der Waals surface area contributed by atoms with Crippen LogP contribution in [0.4, 0.5) is 8.78 Å². The van der Waals surface area contributed by atoms with Crippen molar-refractivity contribution >= 4 is 50.5 Å². The molecule has 0 aliphatic carbocycles. The first-order valence-electron chi connectivity index (χ1n) is 4.47. The number of carbonyl (C=O) groups is 2. The van der Waals surface area contributed by atoms with Gasteiger partial charge in [-0.3, -0.25) is 0 Å². The number of carboxylic acids is 1. The zero-order valence-corrected chi connectivity index (χ0v) is 12.4. The highest BCUT2D eigenvalue weighted by Gasteiger charge is 2.40. The Morgan fingerprint density at radius 3 is 2.50 bits per heavy atom. The Kier molecular flexibility index (Phi) is 5.02. The van der Waals surface area contributed by atoms with Crippen LogP contribution in [0.15, 0.2) is 22.7 Å². The number of halogens is 4. The standard InChI is InChI=1S/C10H6BrF2IO4/c11-6-1-5(2-7(14)3-6)8(15)18-4-10(12,13)9(16)17/h1-3H,4H2,(H,16,17). The van der Waals surface area contributed by atoms with Crippen molar-refractivity contribution in [2.45, 2.75) is 5.92 Å². The molecule has 8 heteroatoms. The van der Waals surface area contributed by atoms with Gasteiger partial charge in [-0.25, -0.2) is 9.59 Å². The van der Waals surface area contributed by atoms with Crippen molar-refractivity contribution in [1.82, 2.24) is 0 Å². The number of carboxylic acid groups (broad SMARTS) is 1. The Morgan fingerprint density at radius 2 is 2.00 bits per heavy atom. The monoisotopic (exact) mass is 434 g/mol. The number of alkyl halides is 2. The lowest BCUT2D eigenvalue weighted by molar-refractivity contribution is -0.170. The highest BCUT2D eigenvalue weighted by molar-refractivity contribution is 14.1. The van der Waals surface area contributed by atoms with E-state index in [2.05, 4.69) is 20.7 Å². The lowest BCUT2D eigenvalue weighted by atomic mass is 10.2. The first-order valence-corrected chi connectivity index (χ1v) is 6.34. The molecular weight excluding hydrogens is 429 g/mol. The second-order valence-electron chi connectivity index (χ2n) is 3.24. The van der Waals surface area contributed by atoms with Gasteiger partial charge in [-0.2, -0.15) is 8.78 Å². The second-order valence-corrected chi connectivity index (χ2v) is 5.41. The summed E-state index contributed by atoms with van der Waals surface area (Å²) in [5, 5.41) is 8.16. The van der Waals surface area contributed by atoms with Gasteiger partial charge in [-0.05, 0) is 40.8 Å². The topological polar surface area (TPSA) is 63.6 Å². The maximum atomic E-state index is 12.7. The third-order valence-corrected chi connectivity index (χ3v) is 2.88. The Morgan fingerprint density at radius 1 is 1.39 bits per heavy atom. The minimum Gasteiger partial charge on any atom is -0.477 e. The van der Waals surface area contributed by atoms with Crippen LogP contribution < -0.4 is 0 Å². The van der Waals surface area contributed by atoms with E-state index in [4.69, 9.17) is 5.11 Å². The lowest BCUT2D eigenvalue weighted by Crippen LogP contribution is -2.34. The Labute approximate surface area is 123 Å². The largest absolute Gasteiger partial charge is 0.477 e. The zero-order chi connectivity index (χ0) is 13.9. The number of hydrogen-bond acceptors (Lipinski definition) is 3. The van der Waals surface area contributed by atoms with Gasteiger partial charge in [0.2, 0.25) is 0 Å². The van der Waals surface area contributed by atoms with E-state index in [0.29, 0.717) is 8.04 Å². The van der Waals surface area contributed by atoms with Gasteiger partial charge in [0.25, 0.3) is 0 Å². The molecule has 0 aliphatic rings. The van der Waals surface area contributed by atoms with Gasteiger partial charge in [0.1, 0.15) is 0 Å². The van der Waals surface area contributed by atoms with Crippen molar-refractivity contribution in [2.75, 3.05) is 6.61 Å². The molecule has 0 radical (unpaired) electrons. The van der Waals surface area contributed by atoms with Crippen LogP contribution in [0.25, 0.3) is 0 Å². The molecule has 0 saturated carbocycles. The molecule has 4 nitrogen and oxygen atoms in total. The Hall–Kier alpha value is -0.770. The SMILES string of the molecule is O=C(OCC(F)(F)C(=O)O)c1cc(Br)cc(I)c1. The molecule has 0 aromatic heterocycles. The van der Waals surface area contributed by atoms with Gasteiger partial charge in [0.05, 0.1) is 5.56 Å². The number of benzene rings is 1. The summed E-state index contributed by atoms with van der Waals surface area (Å²) in [6.07, 6.45) is 0. The summed E-state index contributed by atoms with van der Waals surface area (Å²) in [4.78, 5) is 21.6. The molecule has 1 N–H and O–H groups in total. The molecule has 0 saturated heterocycles. The fraction of sp³-hybridized carbons (Fsp3) is 0.200. The van der Waals surface area contributed by atoms with E-state index >= 15 is 0 Å². The smallest absolute Gasteiger partial charge is 0.378 e. The highest BCUT2D eigenvalue weighted by atomic mass is 127. The van der Waals surface area contributed by atoms with Gasteiger partial charge < -0.3 is 9.84 Å². The predicted octanol–water partition coefficient (Wildman–Crippen LogP) is 2.93. The fourth-order valence-electron chi connectivity index (χ4n) is 0.973. The molecule has 0 bridgehead atoms. The zero-order valence-electron chi connectivity index (χ0n) is 8.62. The number of carbonyl (C=O) groups excluding carboxylic acids is 1. The molecule has 0 heterocycles. The van der Waals surface area contributed by atoms with E-state index in [-0.39, 0.29) is 5.56 Å². The van der Waals surface area contributed by atoms with Crippen LogP contribution in [-0.2, 0) is 9.53 Å². The Bertz CT molecular complexity index is 473. The third-order valence-electron chi connectivity index (χ3n) is 1.80. The van der Waals surface area contributed by atoms with Crippen LogP contribution in [0, 0.1) is 3.57 Å². The predicted molar refractivity (Wildman–Crippen MR) is 69.7 cm³/mol. The third kappa shape index (κ3) is 4.16. The molecule has 0 spiro atoms. The Balaban J connectivity index is 2.75. The average molecular weight is 435 g/mol. The summed E-state index contributed by atoms with van der Waals surface area (Å²) in [5.74, 6) is -7.43. The first-order chi connectivity index (χ1) is 8.22. The molecule has 0 atom stereocenters. The first kappa shape index (κ1) is 15.3. The molecule has 1 aromatic rings. The van der Waals surface area contributed by atoms with Gasteiger partial charge in [-0.1, -0.05) is 15.9 Å². The van der Waals surface area contributed by atoms with Crippen molar-refractivity contribution in [3.8, 4) is 0 Å². The van der Waals surface area contributed by atoms with E-state index < -0.39 is 24.5 Å². The van der Waals surface area contributed by atoms with Crippen LogP contribution in [0.2, 0.25) is 0 Å². The maximum Gasteiger partial charge on any atom is 0.378 e. The van der Waals surface area contributed by atoms with Gasteiger partial charge in [0.15, 0.2) is 6.61 Å². The van der Waals surface area contributed by atoms with Crippen LogP contribution in [0.5, 0.6) is 0 Å². The van der Waals surface area contributed by atoms with Crippen molar-refractivity contribution in [3.05, 3.63) is 31.8 Å². The molecule has 1 rings (SSSR count). The van der Waals surface area contributed by atoms with Crippen molar-refractivity contribution in [1.29, 1.82) is 0 Å². The summed E-state index contributed by atoms with van der Waals surface area (Å²) in [6, 6.07) is 4.54. The number of hydrogen-bond donors (Lipinski definition) is 1. The summed E-state index contributed by atoms with van der Waals surface area (Å²) in [7, 11) is 0. The van der Waals surface area contributed by atoms with Crippen LogP contribution in [0.1, 0.15) is 10.4 Å². The molecule has 0 amide bonds. The fourth-order valence-corrected chi connectivity index (χ4v) is 2.57. The van der Waals surface area contributed by atoms with E-state index in [1.807, 2.05) is 22.6 Å². The van der Waals surface area contributed by atoms with E-state index in [1.165, 1.54) is 12.1 Å². The number of ether oxygens (including phenoxy) is 1. The molecule has 0 unspecified atom stereocenters. The van der Waals surface area contributed by atoms with Crippen molar-refractivity contribution < 1.29 is 28.2 Å². The molecule has 1 aromatic carbocycles. The van der Waals surface area contributed by atoms with Crippen molar-refractivity contribution in [2.24, 2.45) is 0 Å². The van der Waals surface area contributed by atoms with Crippen LogP contribution in [-0.4, -0.2) is 29.6 Å². The van der Waals surface area contributed by atoms with E-state index in [9.17, 15) is 18.4 Å². The van der Waals surface area contributed by atoms with Crippen LogP contribution >= 0.6 is 38.5 Å². The second kappa shape index (κ2) is 5.91. The van der Waals surface area contributed by atoms with E-state index in [1.54, 1.807) is 6.07 Å². The van der Waals surface area contributed by atoms with Crippen LogP contribution in [0.3, 0.4) is 0 Å². The minimum atomic E-state index is -4.09. The number of rotatable bonds is 4. The molecule has 98 valence electrons. The number of aliphatic carboxylic acids is 1. The normalized spacial score (nSPS) is 11.1. The molecule has 0 fully saturated rings. The molecular formula is C10H6BrF2IO4. The number of esters is 1. The molecule has 0 aliphatic heterocycles. The summed E-state index contributed by atoms with van der Waals surface area (Å²) in [6.45, 7) is -1.50. The average Bonchev–Trinajstić information content (AvgIpc) is 2.24. The molecule has 18 heavy (non-hydrogen) atoms. The van der Waals surface area contributed by atoms with Gasteiger partial charge in [0, 0.05) is 8.04 Å². The van der Waals surface area contributed by atoms with Gasteiger partial charge in [-0.15, -0.1) is 0 Å². The lowest BCUT2D eigenvalue weighted by Gasteiger charge is -2.11. The van der Waals surface area contributed by atoms with Crippen molar-refractivity contribution in [3.63, 3.8) is 0 Å². The minimum absolute atomic E-state index is 0.0648. The quantitative estimate of drug-likeness (QED) is 0.584. The maximum absolute atomic E-state index is 12.7. The summed E-state index contributed by atoms with van der Waals surface area (Å²) >= 11 is 5.08. The van der Waals surface area contributed by atoms with E-state index in [0.717, 1.165) is 0 Å².